The Kier molecular flexibility index (Phi) is 5.29. The maximum absolute atomic E-state index is 14.9. The van der Waals surface area contributed by atoms with Crippen molar-refractivity contribution in [3.63, 3.8) is 0 Å². The molecule has 158 valence electrons. The minimum atomic E-state index is -0.766. The van der Waals surface area contributed by atoms with Gasteiger partial charge in [-0.25, -0.2) is 19.2 Å². The fraction of sp³-hybridized carbons (Fsp3) is 0.400. The number of rotatable bonds is 4. The van der Waals surface area contributed by atoms with Crippen LogP contribution in [0.1, 0.15) is 34.3 Å². The number of aromatic nitrogens is 3. The van der Waals surface area contributed by atoms with E-state index in [1.54, 1.807) is 16.4 Å². The largest absolute Gasteiger partial charge is 0.462 e. The molecule has 30 heavy (non-hydrogen) atoms. The van der Waals surface area contributed by atoms with Crippen LogP contribution in [0.3, 0.4) is 0 Å². The summed E-state index contributed by atoms with van der Waals surface area (Å²) < 4.78 is 21.5. The molecule has 3 aromatic heterocycles. The van der Waals surface area contributed by atoms with Crippen molar-refractivity contribution in [1.29, 1.82) is 0 Å². The molecule has 4 heterocycles. The van der Waals surface area contributed by atoms with E-state index < -0.39 is 17.2 Å². The molecule has 0 aromatic carbocycles. The fourth-order valence-corrected chi connectivity index (χ4v) is 4.36. The lowest BCUT2D eigenvalue weighted by molar-refractivity contribution is 0.0524. The van der Waals surface area contributed by atoms with Crippen molar-refractivity contribution in [1.82, 2.24) is 14.5 Å². The molecule has 8 nitrogen and oxygen atoms in total. The highest BCUT2D eigenvalue weighted by molar-refractivity contribution is 7.14. The summed E-state index contributed by atoms with van der Waals surface area (Å²) in [5.41, 5.74) is 6.21. The van der Waals surface area contributed by atoms with E-state index >= 15 is 0 Å². The molecule has 3 aromatic rings. The summed E-state index contributed by atoms with van der Waals surface area (Å²) in [7, 11) is 0. The second kappa shape index (κ2) is 7.77. The molecule has 0 spiro atoms. The van der Waals surface area contributed by atoms with Gasteiger partial charge in [-0.3, -0.25) is 9.36 Å². The van der Waals surface area contributed by atoms with Crippen LogP contribution in [0.5, 0.6) is 0 Å². The minimum Gasteiger partial charge on any atom is -0.462 e. The van der Waals surface area contributed by atoms with E-state index in [0.717, 1.165) is 23.1 Å². The Hall–Kier alpha value is -2.85. The fourth-order valence-electron chi connectivity index (χ4n) is 3.47. The van der Waals surface area contributed by atoms with Crippen molar-refractivity contribution >= 4 is 34.2 Å². The molecule has 0 radical (unpaired) electrons. The Labute approximate surface area is 176 Å². The second-order valence-electron chi connectivity index (χ2n) is 7.26. The minimum absolute atomic E-state index is 0.00388. The first-order chi connectivity index (χ1) is 14.3. The number of aryl methyl sites for hydroxylation is 2. The van der Waals surface area contributed by atoms with Gasteiger partial charge in [-0.1, -0.05) is 0 Å². The summed E-state index contributed by atoms with van der Waals surface area (Å²) in [6.07, 6.45) is 2.11. The molecule has 1 fully saturated rings. The zero-order valence-corrected chi connectivity index (χ0v) is 17.8. The summed E-state index contributed by atoms with van der Waals surface area (Å²) in [6.45, 7) is 6.63. The van der Waals surface area contributed by atoms with Gasteiger partial charge in [-0.15, -0.1) is 11.3 Å². The van der Waals surface area contributed by atoms with Crippen molar-refractivity contribution < 1.29 is 13.9 Å². The third kappa shape index (κ3) is 3.46. The topological polar surface area (TPSA) is 103 Å². The van der Waals surface area contributed by atoms with Crippen LogP contribution in [-0.4, -0.2) is 46.2 Å². The lowest BCUT2D eigenvalue weighted by Gasteiger charge is -2.19. The van der Waals surface area contributed by atoms with E-state index in [2.05, 4.69) is 9.97 Å². The molecule has 10 heteroatoms. The van der Waals surface area contributed by atoms with Crippen LogP contribution in [0, 0.1) is 19.7 Å². The summed E-state index contributed by atoms with van der Waals surface area (Å²) in [4.78, 5) is 37.1. The number of nitrogens with zero attached hydrogens (tertiary/aromatic N) is 4. The van der Waals surface area contributed by atoms with Gasteiger partial charge in [0.05, 0.1) is 17.7 Å². The molecule has 4 rings (SSSR count). The summed E-state index contributed by atoms with van der Waals surface area (Å²) in [5.74, 6) is -1.26. The molecular weight excluding hydrogens is 409 g/mol. The number of thiazole rings is 1. The number of esters is 1. The second-order valence-corrected chi connectivity index (χ2v) is 8.44. The van der Waals surface area contributed by atoms with E-state index in [-0.39, 0.29) is 35.1 Å². The lowest BCUT2D eigenvalue weighted by Crippen LogP contribution is -2.28. The normalized spacial score (nSPS) is 16.4. The van der Waals surface area contributed by atoms with E-state index in [1.165, 1.54) is 17.5 Å². The van der Waals surface area contributed by atoms with E-state index in [9.17, 15) is 14.0 Å². The summed E-state index contributed by atoms with van der Waals surface area (Å²) >= 11 is 1.39. The number of hydrogen-bond acceptors (Lipinski definition) is 8. The van der Waals surface area contributed by atoms with Gasteiger partial charge >= 0.3 is 5.97 Å². The van der Waals surface area contributed by atoms with E-state index in [0.29, 0.717) is 18.2 Å². The zero-order valence-electron chi connectivity index (χ0n) is 16.9. The Morgan fingerprint density at radius 2 is 2.17 bits per heavy atom. The Morgan fingerprint density at radius 3 is 2.77 bits per heavy atom. The van der Waals surface area contributed by atoms with Crippen LogP contribution >= 0.6 is 11.3 Å². The number of halogens is 1. The summed E-state index contributed by atoms with van der Waals surface area (Å²) in [6, 6.07) is 1.08. The average Bonchev–Trinajstić information content (AvgIpc) is 3.27. The molecule has 1 unspecified atom stereocenters. The monoisotopic (exact) mass is 431 g/mol. The van der Waals surface area contributed by atoms with Gasteiger partial charge < -0.3 is 15.4 Å². The number of ether oxygens (including phenoxy) is 1. The van der Waals surface area contributed by atoms with Crippen molar-refractivity contribution in [2.45, 2.75) is 33.2 Å². The number of nitrogens with two attached hydrogens (primary N) is 1. The third-order valence-corrected chi connectivity index (χ3v) is 6.23. The number of fused-ring (bicyclic) bond motifs is 1. The number of carbonyl (C=O) groups excluding carboxylic acids is 1. The quantitative estimate of drug-likeness (QED) is 0.632. The highest BCUT2D eigenvalue weighted by Crippen LogP contribution is 2.28. The number of anilines is 1. The molecule has 0 amide bonds. The van der Waals surface area contributed by atoms with Crippen LogP contribution in [0.2, 0.25) is 0 Å². The number of hydrogen-bond donors (Lipinski definition) is 1. The molecule has 0 aliphatic carbocycles. The molecule has 1 atom stereocenters. The van der Waals surface area contributed by atoms with Gasteiger partial charge in [0.25, 0.3) is 0 Å². The number of carbonyl (C=O) groups is 1. The molecular formula is C20H22FN5O3S. The van der Waals surface area contributed by atoms with Crippen molar-refractivity contribution in [3.8, 4) is 5.13 Å². The Morgan fingerprint density at radius 1 is 1.40 bits per heavy atom. The van der Waals surface area contributed by atoms with Gasteiger partial charge in [0, 0.05) is 30.2 Å². The predicted octanol–water partition coefficient (Wildman–Crippen LogP) is 2.31. The zero-order chi connectivity index (χ0) is 21.6. The highest BCUT2D eigenvalue weighted by atomic mass is 32.1. The standard InChI is InChI=1S/C20H22FN5O3S/c1-4-29-19(28)14-9-26(20-23-10(2)11(3)30-20)17-13(16(14)27)7-15(21)18(24-17)25-6-5-12(22)8-25/h7,9,12H,4-6,8,22H2,1-3H3. The van der Waals surface area contributed by atoms with Gasteiger partial charge in [-0.2, -0.15) is 0 Å². The van der Waals surface area contributed by atoms with Gasteiger partial charge in [-0.05, 0) is 33.3 Å². The van der Waals surface area contributed by atoms with Crippen molar-refractivity contribution in [2.24, 2.45) is 5.73 Å². The first kappa shape index (κ1) is 20.4. The molecule has 2 N–H and O–H groups in total. The van der Waals surface area contributed by atoms with Crippen LogP contribution in [-0.2, 0) is 4.74 Å². The van der Waals surface area contributed by atoms with Crippen LogP contribution < -0.4 is 16.1 Å². The Bertz CT molecular complexity index is 1190. The summed E-state index contributed by atoms with van der Waals surface area (Å²) in [5, 5.41) is 0.527. The van der Waals surface area contributed by atoms with Crippen molar-refractivity contribution in [3.05, 3.63) is 44.4 Å². The van der Waals surface area contributed by atoms with Gasteiger partial charge in [0.2, 0.25) is 5.43 Å². The average molecular weight is 431 g/mol. The first-order valence-corrected chi connectivity index (χ1v) is 10.5. The van der Waals surface area contributed by atoms with Crippen molar-refractivity contribution in [2.75, 3.05) is 24.6 Å². The Balaban J connectivity index is 2.00. The van der Waals surface area contributed by atoms with Crippen LogP contribution in [0.15, 0.2) is 17.1 Å². The van der Waals surface area contributed by atoms with E-state index in [4.69, 9.17) is 10.5 Å². The maximum atomic E-state index is 14.9. The van der Waals surface area contributed by atoms with Crippen LogP contribution in [0.4, 0.5) is 10.2 Å². The smallest absolute Gasteiger partial charge is 0.343 e. The molecule has 1 saturated heterocycles. The van der Waals surface area contributed by atoms with Crippen LogP contribution in [0.25, 0.3) is 16.2 Å². The molecule has 1 aliphatic heterocycles. The SMILES string of the molecule is CCOC(=O)c1cn(-c2nc(C)c(C)s2)c2nc(N3CCC(N)C3)c(F)cc2c1=O. The third-order valence-electron chi connectivity index (χ3n) is 5.16. The van der Waals surface area contributed by atoms with Gasteiger partial charge in [0.1, 0.15) is 5.56 Å². The first-order valence-electron chi connectivity index (χ1n) is 9.68. The maximum Gasteiger partial charge on any atom is 0.343 e. The predicted molar refractivity (Wildman–Crippen MR) is 113 cm³/mol. The molecule has 0 bridgehead atoms. The molecule has 1 aliphatic rings. The number of pyridine rings is 2. The van der Waals surface area contributed by atoms with E-state index in [1.807, 2.05) is 13.8 Å². The lowest BCUT2D eigenvalue weighted by atomic mass is 10.2. The highest BCUT2D eigenvalue weighted by Gasteiger charge is 2.26. The van der Waals surface area contributed by atoms with Gasteiger partial charge in [0.15, 0.2) is 22.4 Å². The molecule has 0 saturated carbocycles.